The quantitative estimate of drug-likeness (QED) is 0.118. The summed E-state index contributed by atoms with van der Waals surface area (Å²) in [6.07, 6.45) is 27.7. The molecule has 198 valence electrons. The molecule has 1 fully saturated rings. The zero-order chi connectivity index (χ0) is 25.3. The highest BCUT2D eigenvalue weighted by atomic mass is 16.5. The first-order valence-electron chi connectivity index (χ1n) is 14.9. The number of nitrogens with zero attached hydrogens (tertiary/aromatic N) is 2. The van der Waals surface area contributed by atoms with Gasteiger partial charge in [0, 0.05) is 24.4 Å². The zero-order valence-corrected chi connectivity index (χ0v) is 22.7. The van der Waals surface area contributed by atoms with Crippen LogP contribution in [0.15, 0.2) is 36.7 Å². The van der Waals surface area contributed by atoms with Crippen LogP contribution >= 0.6 is 0 Å². The molecule has 4 nitrogen and oxygen atoms in total. The van der Waals surface area contributed by atoms with Gasteiger partial charge in [0.2, 0.25) is 0 Å². The summed E-state index contributed by atoms with van der Waals surface area (Å²) in [5.41, 5.74) is 2.14. The van der Waals surface area contributed by atoms with E-state index >= 15 is 0 Å². The average molecular weight is 493 g/mol. The summed E-state index contributed by atoms with van der Waals surface area (Å²) in [5, 5.41) is 0. The summed E-state index contributed by atoms with van der Waals surface area (Å²) < 4.78 is 5.53. The Hall–Kier alpha value is -2.23. The Kier molecular flexibility index (Phi) is 13.6. The fourth-order valence-electron chi connectivity index (χ4n) is 5.31. The molecule has 0 bridgehead atoms. The van der Waals surface area contributed by atoms with Crippen molar-refractivity contribution in [2.24, 2.45) is 5.92 Å². The number of ether oxygens (including phenoxy) is 1. The molecule has 2 aromatic rings. The lowest BCUT2D eigenvalue weighted by Crippen LogP contribution is -2.07. The van der Waals surface area contributed by atoms with Crippen LogP contribution in [0.5, 0.6) is 5.75 Å². The molecule has 0 saturated heterocycles. The highest BCUT2D eigenvalue weighted by Gasteiger charge is 2.14. The second kappa shape index (κ2) is 17.3. The molecule has 0 amide bonds. The fourth-order valence-corrected chi connectivity index (χ4v) is 5.31. The molecule has 1 aliphatic rings. The van der Waals surface area contributed by atoms with Gasteiger partial charge < -0.3 is 4.74 Å². The van der Waals surface area contributed by atoms with Crippen LogP contribution in [-0.4, -0.2) is 15.9 Å². The van der Waals surface area contributed by atoms with Gasteiger partial charge in [-0.25, -0.2) is 9.97 Å². The minimum absolute atomic E-state index is 0.139. The van der Waals surface area contributed by atoms with Gasteiger partial charge in [0.25, 0.3) is 0 Å². The van der Waals surface area contributed by atoms with Crippen LogP contribution in [0.2, 0.25) is 0 Å². The molecule has 1 saturated carbocycles. The Morgan fingerprint density at radius 2 is 1.42 bits per heavy atom. The van der Waals surface area contributed by atoms with E-state index in [0.717, 1.165) is 30.7 Å². The molecule has 1 heterocycles. The van der Waals surface area contributed by atoms with E-state index < -0.39 is 0 Å². The van der Waals surface area contributed by atoms with Crippen molar-refractivity contribution >= 4 is 5.97 Å². The maximum absolute atomic E-state index is 12.2. The van der Waals surface area contributed by atoms with Crippen molar-refractivity contribution < 1.29 is 9.53 Å². The smallest absolute Gasteiger partial charge is 0.311 e. The maximum Gasteiger partial charge on any atom is 0.311 e. The van der Waals surface area contributed by atoms with E-state index in [9.17, 15) is 4.79 Å². The Morgan fingerprint density at radius 1 is 0.806 bits per heavy atom. The van der Waals surface area contributed by atoms with Crippen LogP contribution in [0.25, 0.3) is 11.4 Å². The van der Waals surface area contributed by atoms with Gasteiger partial charge >= 0.3 is 5.97 Å². The molecule has 0 N–H and O–H groups in total. The Bertz CT molecular complexity index is 841. The van der Waals surface area contributed by atoms with Gasteiger partial charge in [-0.1, -0.05) is 103 Å². The molecule has 3 rings (SSSR count). The molecule has 4 heteroatoms. The molecule has 0 unspecified atom stereocenters. The number of esters is 1. The molecule has 0 radical (unpaired) electrons. The van der Waals surface area contributed by atoms with Crippen LogP contribution in [0.3, 0.4) is 0 Å². The molecular formula is C32H48N2O2. The first-order chi connectivity index (χ1) is 17.7. The standard InChI is InChI=1S/C32H48N2O2/c1-2-3-4-5-6-8-12-19-28-25-33-32(34-26-28)29-21-23-30(24-22-29)36-31(35)20-13-10-7-9-11-16-27-17-14-15-18-27/h21-27H,2-20H2,1H3. The number of benzene rings is 1. The number of hydrogen-bond donors (Lipinski definition) is 0. The Morgan fingerprint density at radius 3 is 2.11 bits per heavy atom. The highest BCUT2D eigenvalue weighted by Crippen LogP contribution is 2.29. The van der Waals surface area contributed by atoms with Crippen LogP contribution < -0.4 is 4.74 Å². The van der Waals surface area contributed by atoms with Gasteiger partial charge in [-0.15, -0.1) is 0 Å². The Balaban J connectivity index is 1.27. The first-order valence-corrected chi connectivity index (χ1v) is 14.9. The van der Waals surface area contributed by atoms with Crippen LogP contribution in [0.1, 0.15) is 128 Å². The number of hydrogen-bond acceptors (Lipinski definition) is 4. The molecule has 0 atom stereocenters. The summed E-state index contributed by atoms with van der Waals surface area (Å²) in [6, 6.07) is 7.54. The second-order valence-corrected chi connectivity index (χ2v) is 10.7. The minimum Gasteiger partial charge on any atom is -0.427 e. The van der Waals surface area contributed by atoms with E-state index in [1.807, 2.05) is 36.7 Å². The van der Waals surface area contributed by atoms with E-state index in [1.165, 1.54) is 102 Å². The molecular weight excluding hydrogens is 444 g/mol. The van der Waals surface area contributed by atoms with Gasteiger partial charge in [-0.3, -0.25) is 4.79 Å². The van der Waals surface area contributed by atoms with Crippen LogP contribution in [0.4, 0.5) is 0 Å². The predicted octanol–water partition coefficient (Wildman–Crippen LogP) is 9.26. The lowest BCUT2D eigenvalue weighted by Gasteiger charge is -2.08. The number of carbonyl (C=O) groups is 1. The van der Waals surface area contributed by atoms with Crippen molar-refractivity contribution in [2.45, 2.75) is 129 Å². The van der Waals surface area contributed by atoms with Crippen molar-refractivity contribution in [3.8, 4) is 17.1 Å². The second-order valence-electron chi connectivity index (χ2n) is 10.7. The van der Waals surface area contributed by atoms with Gasteiger partial charge in [0.15, 0.2) is 5.82 Å². The number of rotatable bonds is 18. The maximum atomic E-state index is 12.2. The lowest BCUT2D eigenvalue weighted by atomic mass is 9.99. The summed E-state index contributed by atoms with van der Waals surface area (Å²) in [4.78, 5) is 21.3. The molecule has 0 spiro atoms. The topological polar surface area (TPSA) is 52.1 Å². The van der Waals surface area contributed by atoms with Gasteiger partial charge in [0.1, 0.15) is 5.75 Å². The predicted molar refractivity (Wildman–Crippen MR) is 149 cm³/mol. The third-order valence-corrected chi connectivity index (χ3v) is 7.59. The molecule has 36 heavy (non-hydrogen) atoms. The van der Waals surface area contributed by atoms with E-state index in [2.05, 4.69) is 16.9 Å². The summed E-state index contributed by atoms with van der Waals surface area (Å²) in [6.45, 7) is 2.26. The van der Waals surface area contributed by atoms with E-state index in [0.29, 0.717) is 18.0 Å². The van der Waals surface area contributed by atoms with Crippen molar-refractivity contribution in [2.75, 3.05) is 0 Å². The van der Waals surface area contributed by atoms with Crippen LogP contribution in [-0.2, 0) is 11.2 Å². The lowest BCUT2D eigenvalue weighted by molar-refractivity contribution is -0.134. The normalized spacial score (nSPS) is 13.8. The number of carbonyl (C=O) groups excluding carboxylic acids is 1. The van der Waals surface area contributed by atoms with Gasteiger partial charge in [-0.05, 0) is 55.0 Å². The van der Waals surface area contributed by atoms with Crippen molar-refractivity contribution in [1.29, 1.82) is 0 Å². The Labute approximate surface area is 219 Å². The van der Waals surface area contributed by atoms with Crippen molar-refractivity contribution in [3.63, 3.8) is 0 Å². The third kappa shape index (κ3) is 11.2. The number of unbranched alkanes of at least 4 members (excludes halogenated alkanes) is 10. The van der Waals surface area contributed by atoms with E-state index in [4.69, 9.17) is 4.74 Å². The molecule has 1 aliphatic carbocycles. The first kappa shape index (κ1) is 28.3. The minimum atomic E-state index is -0.139. The monoisotopic (exact) mass is 492 g/mol. The number of aryl methyl sites for hydroxylation is 1. The summed E-state index contributed by atoms with van der Waals surface area (Å²) in [5.74, 6) is 2.16. The molecule has 1 aromatic carbocycles. The third-order valence-electron chi connectivity index (χ3n) is 7.59. The fraction of sp³-hybridized carbons (Fsp3) is 0.656. The SMILES string of the molecule is CCCCCCCCCc1cnc(-c2ccc(OC(=O)CCCCCCCC3CCCC3)cc2)nc1. The average Bonchev–Trinajstić information content (AvgIpc) is 3.42. The number of aromatic nitrogens is 2. The zero-order valence-electron chi connectivity index (χ0n) is 22.7. The molecule has 1 aromatic heterocycles. The highest BCUT2D eigenvalue weighted by molar-refractivity contribution is 5.72. The summed E-state index contributed by atoms with van der Waals surface area (Å²) in [7, 11) is 0. The largest absolute Gasteiger partial charge is 0.427 e. The summed E-state index contributed by atoms with van der Waals surface area (Å²) >= 11 is 0. The van der Waals surface area contributed by atoms with E-state index in [1.54, 1.807) is 0 Å². The van der Waals surface area contributed by atoms with Gasteiger partial charge in [-0.2, -0.15) is 0 Å². The van der Waals surface area contributed by atoms with Crippen molar-refractivity contribution in [1.82, 2.24) is 9.97 Å². The van der Waals surface area contributed by atoms with E-state index in [-0.39, 0.29) is 5.97 Å². The van der Waals surface area contributed by atoms with Crippen LogP contribution in [0, 0.1) is 5.92 Å². The van der Waals surface area contributed by atoms with Crippen molar-refractivity contribution in [3.05, 3.63) is 42.2 Å². The molecule has 0 aliphatic heterocycles. The van der Waals surface area contributed by atoms with Gasteiger partial charge in [0.05, 0.1) is 0 Å².